The van der Waals surface area contributed by atoms with Crippen molar-refractivity contribution in [2.24, 2.45) is 0 Å². The van der Waals surface area contributed by atoms with E-state index in [1.807, 2.05) is 37.4 Å². The fourth-order valence-corrected chi connectivity index (χ4v) is 4.40. The van der Waals surface area contributed by atoms with Crippen LogP contribution in [0.2, 0.25) is 0 Å². The number of ether oxygens (including phenoxy) is 2. The average Bonchev–Trinajstić information content (AvgIpc) is 3.32. The van der Waals surface area contributed by atoms with Crippen molar-refractivity contribution in [2.45, 2.75) is 19.4 Å². The molecule has 0 spiro atoms. The largest absolute Gasteiger partial charge is 0.496 e. The molecule has 3 aromatic rings. The number of para-hydroxylation sites is 1. The first-order valence-corrected chi connectivity index (χ1v) is 11.4. The molecule has 0 radical (unpaired) electrons. The molecule has 5 rings (SSSR count). The highest BCUT2D eigenvalue weighted by Crippen LogP contribution is 2.33. The maximum absolute atomic E-state index is 12.8. The predicted molar refractivity (Wildman–Crippen MR) is 129 cm³/mol. The summed E-state index contributed by atoms with van der Waals surface area (Å²) in [5, 5.41) is 2.95. The number of hydrogen-bond acceptors (Lipinski definition) is 7. The van der Waals surface area contributed by atoms with E-state index in [0.29, 0.717) is 0 Å². The van der Waals surface area contributed by atoms with Crippen molar-refractivity contribution in [3.05, 3.63) is 83.2 Å². The van der Waals surface area contributed by atoms with Crippen LogP contribution in [0.25, 0.3) is 5.57 Å². The third kappa shape index (κ3) is 4.36. The minimum Gasteiger partial charge on any atom is -0.496 e. The number of aromatic nitrogens is 3. The predicted octanol–water partition coefficient (Wildman–Crippen LogP) is 3.20. The Balaban J connectivity index is 1.31. The zero-order chi connectivity index (χ0) is 23.5. The second-order valence-electron chi connectivity index (χ2n) is 8.34. The lowest BCUT2D eigenvalue weighted by Gasteiger charge is -2.29. The third-order valence-electron chi connectivity index (χ3n) is 6.24. The van der Waals surface area contributed by atoms with Gasteiger partial charge in [0.25, 0.3) is 5.91 Å². The Morgan fingerprint density at radius 1 is 1.12 bits per heavy atom. The molecule has 0 unspecified atom stereocenters. The van der Waals surface area contributed by atoms with Gasteiger partial charge in [0, 0.05) is 48.6 Å². The summed E-state index contributed by atoms with van der Waals surface area (Å²) >= 11 is 0. The van der Waals surface area contributed by atoms with E-state index in [1.165, 1.54) is 0 Å². The first kappa shape index (κ1) is 22.0. The molecular formula is C26H27N5O3. The molecule has 1 aromatic carbocycles. The number of methoxy groups -OCH3 is 1. The smallest absolute Gasteiger partial charge is 0.289 e. The van der Waals surface area contributed by atoms with Gasteiger partial charge in [0.15, 0.2) is 0 Å². The highest BCUT2D eigenvalue weighted by atomic mass is 16.5. The fraction of sp³-hybridized carbons (Fsp3) is 0.308. The SMILES string of the molecule is COc1ccccc1[C@H](C)NC(=O)c1ncc(C2=CCc3ncc(N4CCOCC4)cc32)cn1. The molecule has 1 amide bonds. The number of anilines is 1. The zero-order valence-corrected chi connectivity index (χ0v) is 19.3. The number of hydrogen-bond donors (Lipinski definition) is 1. The lowest BCUT2D eigenvalue weighted by atomic mass is 10.0. The van der Waals surface area contributed by atoms with Gasteiger partial charge in [0.1, 0.15) is 5.75 Å². The van der Waals surface area contributed by atoms with E-state index in [-0.39, 0.29) is 17.8 Å². The number of amides is 1. The second kappa shape index (κ2) is 9.61. The van der Waals surface area contributed by atoms with Gasteiger partial charge in [-0.25, -0.2) is 9.97 Å². The standard InChI is InChI=1S/C26H27N5O3/c1-17(20-5-3-4-6-24(20)33-2)30-26(32)25-28-14-18(15-29-25)21-7-8-23-22(21)13-19(16-27-23)31-9-11-34-12-10-31/h3-7,13-17H,8-12H2,1-2H3,(H,30,32)/t17-/m0/s1. The first-order chi connectivity index (χ1) is 16.6. The topological polar surface area (TPSA) is 89.5 Å². The van der Waals surface area contributed by atoms with Crippen LogP contribution in [0.4, 0.5) is 5.69 Å². The number of carbonyl (C=O) groups excluding carboxylic acids is 1. The summed E-state index contributed by atoms with van der Waals surface area (Å²) in [4.78, 5) is 28.4. The van der Waals surface area contributed by atoms with Crippen molar-refractivity contribution in [3.8, 4) is 5.75 Å². The highest BCUT2D eigenvalue weighted by Gasteiger charge is 2.22. The van der Waals surface area contributed by atoms with Gasteiger partial charge in [-0.15, -0.1) is 0 Å². The molecule has 0 bridgehead atoms. The van der Waals surface area contributed by atoms with Crippen LogP contribution in [-0.4, -0.2) is 54.3 Å². The number of nitrogens with zero attached hydrogens (tertiary/aromatic N) is 4. The molecule has 34 heavy (non-hydrogen) atoms. The van der Waals surface area contributed by atoms with Gasteiger partial charge in [-0.1, -0.05) is 24.3 Å². The van der Waals surface area contributed by atoms with E-state index in [2.05, 4.69) is 37.3 Å². The van der Waals surface area contributed by atoms with Crippen molar-refractivity contribution >= 4 is 17.2 Å². The Bertz CT molecular complexity index is 1220. The van der Waals surface area contributed by atoms with Gasteiger partial charge in [-0.3, -0.25) is 9.78 Å². The molecule has 174 valence electrons. The van der Waals surface area contributed by atoms with E-state index in [0.717, 1.165) is 72.1 Å². The molecule has 1 saturated heterocycles. The summed E-state index contributed by atoms with van der Waals surface area (Å²) in [6.07, 6.45) is 8.26. The molecular weight excluding hydrogens is 430 g/mol. The van der Waals surface area contributed by atoms with Crippen molar-refractivity contribution < 1.29 is 14.3 Å². The Kier molecular flexibility index (Phi) is 6.22. The molecule has 2 aliphatic rings. The molecule has 8 nitrogen and oxygen atoms in total. The Labute approximate surface area is 198 Å². The highest BCUT2D eigenvalue weighted by molar-refractivity contribution is 5.91. The number of pyridine rings is 1. The van der Waals surface area contributed by atoms with Crippen molar-refractivity contribution in [1.82, 2.24) is 20.3 Å². The van der Waals surface area contributed by atoms with Crippen LogP contribution in [0.3, 0.4) is 0 Å². The van der Waals surface area contributed by atoms with Crippen LogP contribution in [0, 0.1) is 0 Å². The van der Waals surface area contributed by atoms with E-state index in [9.17, 15) is 4.79 Å². The third-order valence-corrected chi connectivity index (χ3v) is 6.24. The fourth-order valence-electron chi connectivity index (χ4n) is 4.40. The molecule has 1 fully saturated rings. The van der Waals surface area contributed by atoms with Gasteiger partial charge in [0.05, 0.1) is 43.9 Å². The molecule has 1 aliphatic heterocycles. The molecule has 2 aromatic heterocycles. The summed E-state index contributed by atoms with van der Waals surface area (Å²) < 4.78 is 10.9. The van der Waals surface area contributed by atoms with Crippen molar-refractivity contribution in [1.29, 1.82) is 0 Å². The van der Waals surface area contributed by atoms with Gasteiger partial charge in [-0.2, -0.15) is 0 Å². The van der Waals surface area contributed by atoms with E-state index in [4.69, 9.17) is 9.47 Å². The average molecular weight is 458 g/mol. The maximum Gasteiger partial charge on any atom is 0.289 e. The summed E-state index contributed by atoms with van der Waals surface area (Å²) in [6.45, 7) is 5.09. The van der Waals surface area contributed by atoms with E-state index >= 15 is 0 Å². The number of fused-ring (bicyclic) bond motifs is 1. The lowest BCUT2D eigenvalue weighted by Crippen LogP contribution is -2.36. The number of nitrogens with one attached hydrogen (secondary N) is 1. The summed E-state index contributed by atoms with van der Waals surface area (Å²) in [7, 11) is 1.62. The van der Waals surface area contributed by atoms with E-state index < -0.39 is 0 Å². The van der Waals surface area contributed by atoms with Gasteiger partial charge in [0.2, 0.25) is 5.82 Å². The number of benzene rings is 1. The summed E-state index contributed by atoms with van der Waals surface area (Å²) in [5.41, 5.74) is 6.04. The van der Waals surface area contributed by atoms with Crippen LogP contribution in [0.15, 0.2) is 55.0 Å². The first-order valence-electron chi connectivity index (χ1n) is 11.4. The Morgan fingerprint density at radius 2 is 1.88 bits per heavy atom. The van der Waals surface area contributed by atoms with Crippen LogP contribution in [0.5, 0.6) is 5.75 Å². The van der Waals surface area contributed by atoms with Crippen LogP contribution in [0.1, 0.15) is 46.0 Å². The lowest BCUT2D eigenvalue weighted by molar-refractivity contribution is 0.0929. The quantitative estimate of drug-likeness (QED) is 0.608. The van der Waals surface area contributed by atoms with Gasteiger partial charge < -0.3 is 19.7 Å². The molecule has 1 N–H and O–H groups in total. The number of carbonyl (C=O) groups is 1. The zero-order valence-electron chi connectivity index (χ0n) is 19.3. The maximum atomic E-state index is 12.8. The molecule has 1 aliphatic carbocycles. The molecule has 1 atom stereocenters. The molecule has 8 heteroatoms. The minimum absolute atomic E-state index is 0.129. The summed E-state index contributed by atoms with van der Waals surface area (Å²) in [5.74, 6) is 0.523. The van der Waals surface area contributed by atoms with Crippen molar-refractivity contribution in [3.63, 3.8) is 0 Å². The Morgan fingerprint density at radius 3 is 2.65 bits per heavy atom. The van der Waals surface area contributed by atoms with Gasteiger partial charge in [-0.05, 0) is 24.6 Å². The minimum atomic E-state index is -0.331. The van der Waals surface area contributed by atoms with Gasteiger partial charge >= 0.3 is 0 Å². The number of allylic oxidation sites excluding steroid dienone is 1. The molecule has 0 saturated carbocycles. The summed E-state index contributed by atoms with van der Waals surface area (Å²) in [6, 6.07) is 9.54. The normalized spacial score (nSPS) is 15.9. The van der Waals surface area contributed by atoms with Crippen LogP contribution >= 0.6 is 0 Å². The monoisotopic (exact) mass is 457 g/mol. The number of rotatable bonds is 6. The van der Waals surface area contributed by atoms with Crippen LogP contribution < -0.4 is 15.0 Å². The van der Waals surface area contributed by atoms with E-state index in [1.54, 1.807) is 19.5 Å². The number of morpholine rings is 1. The van der Waals surface area contributed by atoms with Crippen LogP contribution in [-0.2, 0) is 11.2 Å². The molecule has 3 heterocycles. The Hall–Kier alpha value is -3.78. The second-order valence-corrected chi connectivity index (χ2v) is 8.34. The van der Waals surface area contributed by atoms with Crippen molar-refractivity contribution in [2.75, 3.05) is 38.3 Å².